The SMILES string of the molecule is CCCCCCCC/C=C\CCCCCCCC(=O)OCCCCCCCCCCC/C=C\CCCCCCCC(=O)NC(CO)C(O)CCCCCCCCCCCCCCCCCCCC. The van der Waals surface area contributed by atoms with Crippen LogP contribution in [0.4, 0.5) is 0 Å². The smallest absolute Gasteiger partial charge is 0.305 e. The number of aliphatic hydroxyl groups is 2. The van der Waals surface area contributed by atoms with Crippen LogP contribution < -0.4 is 5.32 Å². The van der Waals surface area contributed by atoms with E-state index in [0.717, 1.165) is 57.8 Å². The van der Waals surface area contributed by atoms with Gasteiger partial charge >= 0.3 is 5.97 Å². The van der Waals surface area contributed by atoms with Gasteiger partial charge in [0, 0.05) is 12.8 Å². The molecule has 2 atom stereocenters. The molecule has 0 aromatic heterocycles. The molecule has 0 aromatic rings. The Labute approximate surface area is 424 Å². The van der Waals surface area contributed by atoms with Crippen LogP contribution >= 0.6 is 0 Å². The first-order valence-corrected chi connectivity index (χ1v) is 30.6. The summed E-state index contributed by atoms with van der Waals surface area (Å²) in [6, 6.07) is -0.552. The minimum absolute atomic E-state index is 0.00444. The van der Waals surface area contributed by atoms with Gasteiger partial charge in [0.05, 0.1) is 25.4 Å². The lowest BCUT2D eigenvalue weighted by Crippen LogP contribution is -2.45. The molecule has 0 fully saturated rings. The molecule has 402 valence electrons. The number of ether oxygens (including phenoxy) is 1. The third kappa shape index (κ3) is 53.7. The zero-order valence-electron chi connectivity index (χ0n) is 45.9. The maximum Gasteiger partial charge on any atom is 0.305 e. The summed E-state index contributed by atoms with van der Waals surface area (Å²) < 4.78 is 5.47. The number of hydrogen-bond donors (Lipinski definition) is 3. The van der Waals surface area contributed by atoms with Gasteiger partial charge in [-0.25, -0.2) is 0 Å². The summed E-state index contributed by atoms with van der Waals surface area (Å²) in [6.07, 6.45) is 70.3. The molecule has 0 spiro atoms. The molecular weight excluding hydrogens is 839 g/mol. The molecule has 1 amide bonds. The first kappa shape index (κ1) is 66.3. The summed E-state index contributed by atoms with van der Waals surface area (Å²) in [5.41, 5.74) is 0. The number of carbonyl (C=O) groups excluding carboxylic acids is 2. The number of rotatable bonds is 57. The maximum atomic E-state index is 12.5. The topological polar surface area (TPSA) is 95.9 Å². The number of allylic oxidation sites excluding steroid dienone is 4. The van der Waals surface area contributed by atoms with Crippen LogP contribution in [0.15, 0.2) is 24.3 Å². The molecule has 0 radical (unpaired) electrons. The molecule has 3 N–H and O–H groups in total. The fraction of sp³-hybridized carbons (Fsp3) is 0.903. The van der Waals surface area contributed by atoms with Crippen LogP contribution in [0.5, 0.6) is 0 Å². The van der Waals surface area contributed by atoms with Crippen LogP contribution in [0.25, 0.3) is 0 Å². The Morgan fingerprint density at radius 3 is 1.04 bits per heavy atom. The molecule has 68 heavy (non-hydrogen) atoms. The highest BCUT2D eigenvalue weighted by molar-refractivity contribution is 5.76. The van der Waals surface area contributed by atoms with E-state index in [-0.39, 0.29) is 18.5 Å². The highest BCUT2D eigenvalue weighted by Gasteiger charge is 2.20. The van der Waals surface area contributed by atoms with E-state index in [2.05, 4.69) is 43.5 Å². The summed E-state index contributed by atoms with van der Waals surface area (Å²) >= 11 is 0. The summed E-state index contributed by atoms with van der Waals surface area (Å²) in [5, 5.41) is 23.3. The molecule has 2 unspecified atom stereocenters. The third-order valence-electron chi connectivity index (χ3n) is 14.2. The standard InChI is InChI=1S/C62H119NO5/c1-3-5-7-9-11-13-15-17-19-20-23-27-30-34-38-42-46-50-54-60(65)59(58-64)63-61(66)55-51-47-43-39-35-31-28-24-21-22-25-29-33-37-41-45-49-53-57-68-62(67)56-52-48-44-40-36-32-26-18-16-14-12-10-8-6-4-2/h18,24,26,28,59-60,64-65H,3-17,19-23,25,27,29-58H2,1-2H3,(H,63,66)/b26-18-,28-24-. The number of nitrogens with one attached hydrogen (secondary N) is 1. The van der Waals surface area contributed by atoms with Gasteiger partial charge in [0.1, 0.15) is 0 Å². The van der Waals surface area contributed by atoms with Crippen molar-refractivity contribution in [1.82, 2.24) is 5.32 Å². The van der Waals surface area contributed by atoms with Crippen LogP contribution in [0, 0.1) is 0 Å². The monoisotopic (exact) mass is 958 g/mol. The van der Waals surface area contributed by atoms with Gasteiger partial charge in [0.15, 0.2) is 0 Å². The van der Waals surface area contributed by atoms with Crippen LogP contribution in [-0.4, -0.2) is 47.4 Å². The van der Waals surface area contributed by atoms with Gasteiger partial charge in [-0.05, 0) is 77.0 Å². The molecule has 0 saturated heterocycles. The minimum Gasteiger partial charge on any atom is -0.466 e. The van der Waals surface area contributed by atoms with Crippen molar-refractivity contribution in [1.29, 1.82) is 0 Å². The van der Waals surface area contributed by atoms with Gasteiger partial charge < -0.3 is 20.3 Å². The fourth-order valence-electron chi connectivity index (χ4n) is 9.51. The Kier molecular flexibility index (Phi) is 56.5. The van der Waals surface area contributed by atoms with Crippen molar-refractivity contribution in [2.24, 2.45) is 0 Å². The second-order valence-corrected chi connectivity index (χ2v) is 21.0. The van der Waals surface area contributed by atoms with Gasteiger partial charge in [0.25, 0.3) is 0 Å². The summed E-state index contributed by atoms with van der Waals surface area (Å²) in [7, 11) is 0. The molecule has 0 aromatic carbocycles. The molecule has 0 heterocycles. The molecule has 6 nitrogen and oxygen atoms in total. The Bertz CT molecular complexity index is 1060. The average Bonchev–Trinajstić information content (AvgIpc) is 3.34. The van der Waals surface area contributed by atoms with Gasteiger partial charge in [0.2, 0.25) is 5.91 Å². The lowest BCUT2D eigenvalue weighted by atomic mass is 10.0. The molecule has 6 heteroatoms. The Hall–Kier alpha value is -1.66. The molecule has 0 aliphatic rings. The highest BCUT2D eigenvalue weighted by atomic mass is 16.5. The number of carbonyl (C=O) groups is 2. The van der Waals surface area contributed by atoms with Crippen molar-refractivity contribution in [3.05, 3.63) is 24.3 Å². The highest BCUT2D eigenvalue weighted by Crippen LogP contribution is 2.17. The van der Waals surface area contributed by atoms with Crippen LogP contribution in [0.1, 0.15) is 335 Å². The predicted molar refractivity (Wildman–Crippen MR) is 296 cm³/mol. The van der Waals surface area contributed by atoms with E-state index in [0.29, 0.717) is 25.9 Å². The van der Waals surface area contributed by atoms with Crippen molar-refractivity contribution < 1.29 is 24.5 Å². The molecule has 0 saturated carbocycles. The second kappa shape index (κ2) is 57.9. The summed E-state index contributed by atoms with van der Waals surface area (Å²) in [5.74, 6) is -0.0514. The quantitative estimate of drug-likeness (QED) is 0.0321. The third-order valence-corrected chi connectivity index (χ3v) is 14.2. The maximum absolute atomic E-state index is 12.5. The molecule has 0 rings (SSSR count). The Morgan fingerprint density at radius 1 is 0.397 bits per heavy atom. The Balaban J connectivity index is 3.45. The number of unbranched alkanes of at least 4 members (excludes halogenated alkanes) is 42. The zero-order chi connectivity index (χ0) is 49.3. The number of amides is 1. The molecular formula is C62H119NO5. The van der Waals surface area contributed by atoms with Gasteiger partial charge in [-0.1, -0.05) is 269 Å². The normalized spacial score (nSPS) is 12.7. The van der Waals surface area contributed by atoms with Crippen molar-refractivity contribution in [2.75, 3.05) is 13.2 Å². The van der Waals surface area contributed by atoms with Crippen LogP contribution in [-0.2, 0) is 14.3 Å². The predicted octanol–water partition coefficient (Wildman–Crippen LogP) is 19.0. The lowest BCUT2D eigenvalue weighted by Gasteiger charge is -2.22. The number of esters is 1. The molecule has 0 bridgehead atoms. The van der Waals surface area contributed by atoms with Gasteiger partial charge in [-0.15, -0.1) is 0 Å². The average molecular weight is 959 g/mol. The summed E-state index contributed by atoms with van der Waals surface area (Å²) in [6.45, 7) is 4.95. The van der Waals surface area contributed by atoms with E-state index >= 15 is 0 Å². The van der Waals surface area contributed by atoms with E-state index in [9.17, 15) is 19.8 Å². The van der Waals surface area contributed by atoms with Crippen molar-refractivity contribution in [3.63, 3.8) is 0 Å². The lowest BCUT2D eigenvalue weighted by molar-refractivity contribution is -0.143. The number of aliphatic hydroxyl groups excluding tert-OH is 2. The van der Waals surface area contributed by atoms with E-state index in [1.165, 1.54) is 244 Å². The van der Waals surface area contributed by atoms with Gasteiger partial charge in [-0.3, -0.25) is 9.59 Å². The largest absolute Gasteiger partial charge is 0.466 e. The fourth-order valence-corrected chi connectivity index (χ4v) is 9.51. The van der Waals surface area contributed by atoms with E-state index < -0.39 is 12.1 Å². The van der Waals surface area contributed by atoms with Crippen molar-refractivity contribution >= 4 is 11.9 Å². The van der Waals surface area contributed by atoms with E-state index in [1.807, 2.05) is 0 Å². The van der Waals surface area contributed by atoms with Gasteiger partial charge in [-0.2, -0.15) is 0 Å². The molecule has 0 aliphatic heterocycles. The second-order valence-electron chi connectivity index (χ2n) is 21.0. The molecule has 0 aliphatic carbocycles. The first-order chi connectivity index (χ1) is 33.5. The van der Waals surface area contributed by atoms with Crippen molar-refractivity contribution in [2.45, 2.75) is 347 Å². The van der Waals surface area contributed by atoms with Crippen LogP contribution in [0.3, 0.4) is 0 Å². The summed E-state index contributed by atoms with van der Waals surface area (Å²) in [4.78, 5) is 24.5. The van der Waals surface area contributed by atoms with E-state index in [1.54, 1.807) is 0 Å². The van der Waals surface area contributed by atoms with E-state index in [4.69, 9.17) is 4.74 Å². The zero-order valence-corrected chi connectivity index (χ0v) is 45.9. The van der Waals surface area contributed by atoms with Crippen molar-refractivity contribution in [3.8, 4) is 0 Å². The Morgan fingerprint density at radius 2 is 0.691 bits per heavy atom. The number of hydrogen-bond acceptors (Lipinski definition) is 5. The van der Waals surface area contributed by atoms with Crippen LogP contribution in [0.2, 0.25) is 0 Å². The minimum atomic E-state index is -0.673. The first-order valence-electron chi connectivity index (χ1n) is 30.6.